The standard InChI is InChI=1S/C22H24N4O5/c1-2-30-20-11-18(7-6-16(20)12-23)26-21(27)25-17-5-3-4-15(10-17)13-24-22(28)31-19-8-9-29-14-19/h3-7,10-11,19H,2,8-9,13-14H2,1H3,(H,24,28)(H2,25,26,27). The average molecular weight is 424 g/mol. The van der Waals surface area contributed by atoms with Crippen molar-refractivity contribution in [2.24, 2.45) is 0 Å². The van der Waals surface area contributed by atoms with Gasteiger partial charge < -0.3 is 30.2 Å². The monoisotopic (exact) mass is 424 g/mol. The van der Waals surface area contributed by atoms with Gasteiger partial charge in [0.2, 0.25) is 0 Å². The van der Waals surface area contributed by atoms with E-state index in [-0.39, 0.29) is 12.6 Å². The number of anilines is 2. The van der Waals surface area contributed by atoms with Crippen LogP contribution >= 0.6 is 0 Å². The maximum atomic E-state index is 12.3. The van der Waals surface area contributed by atoms with Gasteiger partial charge >= 0.3 is 12.1 Å². The quantitative estimate of drug-likeness (QED) is 0.624. The summed E-state index contributed by atoms with van der Waals surface area (Å²) in [5.74, 6) is 0.409. The van der Waals surface area contributed by atoms with Gasteiger partial charge in [-0.2, -0.15) is 5.26 Å². The number of benzene rings is 2. The molecule has 3 N–H and O–H groups in total. The lowest BCUT2D eigenvalue weighted by molar-refractivity contribution is 0.0828. The van der Waals surface area contributed by atoms with Crippen LogP contribution in [0.5, 0.6) is 5.75 Å². The first-order valence-corrected chi connectivity index (χ1v) is 9.93. The fourth-order valence-corrected chi connectivity index (χ4v) is 2.99. The molecule has 0 saturated carbocycles. The van der Waals surface area contributed by atoms with Gasteiger partial charge in [0.15, 0.2) is 0 Å². The van der Waals surface area contributed by atoms with Crippen molar-refractivity contribution in [3.05, 3.63) is 53.6 Å². The van der Waals surface area contributed by atoms with Gasteiger partial charge in [-0.1, -0.05) is 12.1 Å². The number of hydrogen-bond acceptors (Lipinski definition) is 6. The van der Waals surface area contributed by atoms with Crippen LogP contribution in [0.3, 0.4) is 0 Å². The minimum atomic E-state index is -0.502. The Morgan fingerprint density at radius 3 is 2.71 bits per heavy atom. The number of amides is 3. The van der Waals surface area contributed by atoms with E-state index in [0.717, 1.165) is 5.56 Å². The van der Waals surface area contributed by atoms with E-state index in [1.54, 1.807) is 36.4 Å². The van der Waals surface area contributed by atoms with E-state index in [9.17, 15) is 9.59 Å². The van der Waals surface area contributed by atoms with Crippen molar-refractivity contribution in [3.8, 4) is 11.8 Å². The van der Waals surface area contributed by atoms with Crippen LogP contribution < -0.4 is 20.7 Å². The van der Waals surface area contributed by atoms with Gasteiger partial charge in [0.25, 0.3) is 0 Å². The fraction of sp³-hybridized carbons (Fsp3) is 0.318. The molecular weight excluding hydrogens is 400 g/mol. The number of carbonyl (C=O) groups is 2. The highest BCUT2D eigenvalue weighted by Crippen LogP contribution is 2.23. The molecule has 1 aliphatic rings. The van der Waals surface area contributed by atoms with Gasteiger partial charge in [0.1, 0.15) is 17.9 Å². The Bertz CT molecular complexity index is 967. The van der Waals surface area contributed by atoms with Crippen molar-refractivity contribution in [2.75, 3.05) is 30.5 Å². The summed E-state index contributed by atoms with van der Waals surface area (Å²) >= 11 is 0. The first-order chi connectivity index (χ1) is 15.1. The largest absolute Gasteiger partial charge is 0.492 e. The van der Waals surface area contributed by atoms with Crippen LogP contribution in [-0.2, 0) is 16.0 Å². The van der Waals surface area contributed by atoms with E-state index >= 15 is 0 Å². The highest BCUT2D eigenvalue weighted by atomic mass is 16.6. The van der Waals surface area contributed by atoms with Gasteiger partial charge in [-0.3, -0.25) is 0 Å². The molecule has 3 rings (SSSR count). The number of nitriles is 1. The summed E-state index contributed by atoms with van der Waals surface area (Å²) in [5.41, 5.74) is 2.26. The molecule has 1 fully saturated rings. The van der Waals surface area contributed by atoms with Crippen molar-refractivity contribution >= 4 is 23.5 Å². The third kappa shape index (κ3) is 6.62. The number of rotatable bonds is 7. The number of hydrogen-bond donors (Lipinski definition) is 3. The molecule has 0 radical (unpaired) electrons. The van der Waals surface area contributed by atoms with E-state index in [1.807, 2.05) is 19.1 Å². The summed E-state index contributed by atoms with van der Waals surface area (Å²) in [6, 6.07) is 13.5. The lowest BCUT2D eigenvalue weighted by Gasteiger charge is -2.12. The molecule has 1 atom stereocenters. The van der Waals surface area contributed by atoms with Crippen LogP contribution in [0.25, 0.3) is 0 Å². The van der Waals surface area contributed by atoms with Gasteiger partial charge in [-0.05, 0) is 36.8 Å². The number of alkyl carbamates (subject to hydrolysis) is 1. The Morgan fingerprint density at radius 2 is 2.00 bits per heavy atom. The molecule has 9 nitrogen and oxygen atoms in total. The molecule has 2 aromatic carbocycles. The molecule has 1 saturated heterocycles. The second-order valence-electron chi connectivity index (χ2n) is 6.78. The van der Waals surface area contributed by atoms with Crippen LogP contribution in [0.2, 0.25) is 0 Å². The molecule has 1 unspecified atom stereocenters. The molecule has 0 aromatic heterocycles. The summed E-state index contributed by atoms with van der Waals surface area (Å²) in [5, 5.41) is 17.3. The van der Waals surface area contributed by atoms with Crippen molar-refractivity contribution in [2.45, 2.75) is 26.0 Å². The van der Waals surface area contributed by atoms with Gasteiger partial charge in [0.05, 0.1) is 25.4 Å². The van der Waals surface area contributed by atoms with Crippen LogP contribution in [0.15, 0.2) is 42.5 Å². The molecule has 31 heavy (non-hydrogen) atoms. The van der Waals surface area contributed by atoms with Crippen molar-refractivity contribution in [3.63, 3.8) is 0 Å². The summed E-state index contributed by atoms with van der Waals surface area (Å²) in [6.07, 6.45) is -0.00700. The maximum absolute atomic E-state index is 12.3. The topological polar surface area (TPSA) is 122 Å². The number of nitrogens with one attached hydrogen (secondary N) is 3. The van der Waals surface area contributed by atoms with Gasteiger partial charge in [0, 0.05) is 30.4 Å². The summed E-state index contributed by atoms with van der Waals surface area (Å²) < 4.78 is 15.9. The predicted molar refractivity (Wildman–Crippen MR) is 114 cm³/mol. The van der Waals surface area contributed by atoms with Gasteiger partial charge in [-0.15, -0.1) is 0 Å². The molecule has 0 spiro atoms. The molecule has 0 aliphatic carbocycles. The van der Waals surface area contributed by atoms with Crippen molar-refractivity contribution in [1.29, 1.82) is 5.26 Å². The smallest absolute Gasteiger partial charge is 0.407 e. The number of carbonyl (C=O) groups excluding carboxylic acids is 2. The first kappa shape index (κ1) is 21.9. The van der Waals surface area contributed by atoms with E-state index in [2.05, 4.69) is 16.0 Å². The highest BCUT2D eigenvalue weighted by Gasteiger charge is 2.19. The Hall–Kier alpha value is -3.77. The molecule has 3 amide bonds. The lowest BCUT2D eigenvalue weighted by atomic mass is 10.2. The number of ether oxygens (including phenoxy) is 3. The Balaban J connectivity index is 1.53. The van der Waals surface area contributed by atoms with Crippen LogP contribution in [0.1, 0.15) is 24.5 Å². The Kier molecular flexibility index (Phi) is 7.67. The fourth-order valence-electron chi connectivity index (χ4n) is 2.99. The van der Waals surface area contributed by atoms with E-state index in [1.165, 1.54) is 0 Å². The highest BCUT2D eigenvalue weighted by molar-refractivity contribution is 6.00. The summed E-state index contributed by atoms with van der Waals surface area (Å²) in [6.45, 7) is 3.51. The van der Waals surface area contributed by atoms with Crippen molar-refractivity contribution in [1.82, 2.24) is 5.32 Å². The van der Waals surface area contributed by atoms with E-state index in [4.69, 9.17) is 19.5 Å². The molecule has 1 heterocycles. The zero-order valence-electron chi connectivity index (χ0n) is 17.1. The molecule has 1 aliphatic heterocycles. The first-order valence-electron chi connectivity index (χ1n) is 9.93. The van der Waals surface area contributed by atoms with Crippen LogP contribution in [-0.4, -0.2) is 38.0 Å². The Morgan fingerprint density at radius 1 is 1.19 bits per heavy atom. The zero-order valence-corrected chi connectivity index (χ0v) is 17.1. The normalized spacial score (nSPS) is 14.9. The average Bonchev–Trinajstić information content (AvgIpc) is 3.26. The summed E-state index contributed by atoms with van der Waals surface area (Å²) in [7, 11) is 0. The third-order valence-electron chi connectivity index (χ3n) is 4.44. The minimum Gasteiger partial charge on any atom is -0.492 e. The minimum absolute atomic E-state index is 0.206. The van der Waals surface area contributed by atoms with E-state index in [0.29, 0.717) is 48.9 Å². The zero-order chi connectivity index (χ0) is 22.1. The summed E-state index contributed by atoms with van der Waals surface area (Å²) in [4.78, 5) is 24.2. The number of urea groups is 1. The molecule has 2 aromatic rings. The Labute approximate surface area is 180 Å². The second-order valence-corrected chi connectivity index (χ2v) is 6.78. The molecular formula is C22H24N4O5. The maximum Gasteiger partial charge on any atom is 0.407 e. The van der Waals surface area contributed by atoms with E-state index < -0.39 is 12.1 Å². The van der Waals surface area contributed by atoms with Crippen LogP contribution in [0, 0.1) is 11.3 Å². The predicted octanol–water partition coefficient (Wildman–Crippen LogP) is 3.62. The van der Waals surface area contributed by atoms with Crippen LogP contribution in [0.4, 0.5) is 21.0 Å². The molecule has 162 valence electrons. The molecule has 0 bridgehead atoms. The van der Waals surface area contributed by atoms with Crippen molar-refractivity contribution < 1.29 is 23.8 Å². The lowest BCUT2D eigenvalue weighted by Crippen LogP contribution is -2.28. The second kappa shape index (κ2) is 10.8. The third-order valence-corrected chi connectivity index (χ3v) is 4.44. The van der Waals surface area contributed by atoms with Gasteiger partial charge in [-0.25, -0.2) is 9.59 Å². The SMILES string of the molecule is CCOc1cc(NC(=O)Nc2cccc(CNC(=O)OC3CCOC3)c2)ccc1C#N. The molecule has 9 heteroatoms. The number of nitrogens with zero attached hydrogens (tertiary/aromatic N) is 1.